The molecule has 3 N–H and O–H groups in total. The predicted molar refractivity (Wildman–Crippen MR) is 109 cm³/mol. The summed E-state index contributed by atoms with van der Waals surface area (Å²) >= 11 is 1.71. The number of hydrogen-bond donors (Lipinski definition) is 3. The van der Waals surface area contributed by atoms with Gasteiger partial charge in [0.15, 0.2) is 0 Å². The molecule has 0 bridgehead atoms. The van der Waals surface area contributed by atoms with Crippen LogP contribution in [0, 0.1) is 13.8 Å². The van der Waals surface area contributed by atoms with Gasteiger partial charge < -0.3 is 15.6 Å². The van der Waals surface area contributed by atoms with Gasteiger partial charge in [-0.3, -0.25) is 4.79 Å². The van der Waals surface area contributed by atoms with E-state index in [1.807, 2.05) is 56.6 Å². The summed E-state index contributed by atoms with van der Waals surface area (Å²) in [5, 5.41) is 7.24. The summed E-state index contributed by atoms with van der Waals surface area (Å²) in [6, 6.07) is 9.28. The summed E-state index contributed by atoms with van der Waals surface area (Å²) in [4.78, 5) is 24.9. The molecule has 0 radical (unpaired) electrons. The molecule has 0 unspecified atom stereocenters. The van der Waals surface area contributed by atoms with Crippen molar-refractivity contribution < 1.29 is 4.79 Å². The number of aromatic amines is 1. The Bertz CT molecular complexity index is 888. The largest absolute Gasteiger partial charge is 0.361 e. The van der Waals surface area contributed by atoms with Gasteiger partial charge in [-0.25, -0.2) is 9.97 Å². The number of H-pyrrole nitrogens is 1. The molecule has 6 nitrogen and oxygen atoms in total. The van der Waals surface area contributed by atoms with Crippen molar-refractivity contribution in [2.45, 2.75) is 26.3 Å². The Kier molecular flexibility index (Phi) is 5.78. The summed E-state index contributed by atoms with van der Waals surface area (Å²) in [6.45, 7) is 3.84. The Morgan fingerprint density at radius 2 is 2.00 bits per heavy atom. The number of carbonyl (C=O) groups is 1. The molecule has 2 heterocycles. The summed E-state index contributed by atoms with van der Waals surface area (Å²) in [5.41, 5.74) is 3.54. The molecule has 3 aromatic rings. The van der Waals surface area contributed by atoms with Crippen molar-refractivity contribution in [1.82, 2.24) is 15.0 Å². The van der Waals surface area contributed by atoms with Crippen molar-refractivity contribution in [3.63, 3.8) is 0 Å². The average Bonchev–Trinajstić information content (AvgIpc) is 3.07. The highest BCUT2D eigenvalue weighted by Crippen LogP contribution is 2.22. The van der Waals surface area contributed by atoms with Gasteiger partial charge >= 0.3 is 0 Å². The number of thioether (sulfide) groups is 1. The number of rotatable bonds is 7. The third-order valence-electron chi connectivity index (χ3n) is 4.07. The second-order valence-electron chi connectivity index (χ2n) is 6.19. The smallest absolute Gasteiger partial charge is 0.247 e. The zero-order chi connectivity index (χ0) is 18.5. The monoisotopic (exact) mass is 369 g/mol. The van der Waals surface area contributed by atoms with Gasteiger partial charge in [0, 0.05) is 28.5 Å². The van der Waals surface area contributed by atoms with Crippen LogP contribution in [0.3, 0.4) is 0 Å². The summed E-state index contributed by atoms with van der Waals surface area (Å²) < 4.78 is 0. The summed E-state index contributed by atoms with van der Waals surface area (Å²) in [6.07, 6.45) is 4.59. The van der Waals surface area contributed by atoms with Crippen LogP contribution in [0.1, 0.15) is 17.8 Å². The van der Waals surface area contributed by atoms with Crippen LogP contribution in [0.2, 0.25) is 0 Å². The molecule has 136 valence electrons. The van der Waals surface area contributed by atoms with Crippen LogP contribution < -0.4 is 10.6 Å². The lowest BCUT2D eigenvalue weighted by Crippen LogP contribution is -2.36. The molecule has 0 fully saturated rings. The van der Waals surface area contributed by atoms with Crippen LogP contribution in [-0.4, -0.2) is 38.9 Å². The minimum absolute atomic E-state index is 0.0875. The van der Waals surface area contributed by atoms with Crippen LogP contribution in [0.25, 0.3) is 10.9 Å². The van der Waals surface area contributed by atoms with E-state index in [1.54, 1.807) is 11.8 Å². The number of benzene rings is 1. The first-order chi connectivity index (χ1) is 12.6. The summed E-state index contributed by atoms with van der Waals surface area (Å²) in [5.74, 6) is 1.27. The molecule has 1 amide bonds. The normalized spacial score (nSPS) is 12.1. The van der Waals surface area contributed by atoms with Gasteiger partial charge in [0.05, 0.1) is 5.69 Å². The van der Waals surface area contributed by atoms with Gasteiger partial charge in [-0.15, -0.1) is 0 Å². The Labute approximate surface area is 157 Å². The molecule has 1 atom stereocenters. The van der Waals surface area contributed by atoms with Gasteiger partial charge in [-0.05, 0) is 56.5 Å². The summed E-state index contributed by atoms with van der Waals surface area (Å²) in [7, 11) is 0. The second kappa shape index (κ2) is 8.23. The molecule has 26 heavy (non-hydrogen) atoms. The van der Waals surface area contributed by atoms with Crippen molar-refractivity contribution in [2.75, 3.05) is 22.6 Å². The number of hydrogen-bond acceptors (Lipinski definition) is 5. The minimum Gasteiger partial charge on any atom is -0.361 e. The highest BCUT2D eigenvalue weighted by atomic mass is 32.2. The van der Waals surface area contributed by atoms with E-state index in [-0.39, 0.29) is 5.91 Å². The maximum absolute atomic E-state index is 12.9. The number of anilines is 2. The highest BCUT2D eigenvalue weighted by Gasteiger charge is 2.20. The molecule has 2 aromatic heterocycles. The lowest BCUT2D eigenvalue weighted by atomic mass is 10.1. The lowest BCUT2D eigenvalue weighted by molar-refractivity contribution is -0.116. The first-order valence-corrected chi connectivity index (χ1v) is 9.91. The Morgan fingerprint density at radius 1 is 1.23 bits per heavy atom. The van der Waals surface area contributed by atoms with Crippen molar-refractivity contribution in [3.8, 4) is 0 Å². The Morgan fingerprint density at radius 3 is 2.73 bits per heavy atom. The van der Waals surface area contributed by atoms with E-state index in [0.717, 1.165) is 33.7 Å². The zero-order valence-corrected chi connectivity index (χ0v) is 16.0. The number of nitrogens with one attached hydrogen (secondary N) is 3. The maximum Gasteiger partial charge on any atom is 0.247 e. The number of carbonyl (C=O) groups excluding carboxylic acids is 1. The van der Waals surface area contributed by atoms with Gasteiger partial charge in [-0.2, -0.15) is 11.8 Å². The topological polar surface area (TPSA) is 82.7 Å². The Hall–Kier alpha value is -2.54. The van der Waals surface area contributed by atoms with E-state index in [1.165, 1.54) is 0 Å². The third-order valence-corrected chi connectivity index (χ3v) is 4.71. The molecule has 0 saturated carbocycles. The average molecular weight is 369 g/mol. The van der Waals surface area contributed by atoms with Crippen molar-refractivity contribution in [1.29, 1.82) is 0 Å². The molecule has 7 heteroatoms. The minimum atomic E-state index is -0.405. The van der Waals surface area contributed by atoms with Crippen LogP contribution >= 0.6 is 11.8 Å². The first kappa shape index (κ1) is 18.3. The van der Waals surface area contributed by atoms with Crippen molar-refractivity contribution in [2.24, 2.45) is 0 Å². The van der Waals surface area contributed by atoms with Crippen LogP contribution in [-0.2, 0) is 4.79 Å². The number of aryl methyl sites for hydroxylation is 2. The third kappa shape index (κ3) is 4.35. The van der Waals surface area contributed by atoms with E-state index >= 15 is 0 Å². The quantitative estimate of drug-likeness (QED) is 0.591. The number of aromatic nitrogens is 3. The van der Waals surface area contributed by atoms with Crippen molar-refractivity contribution >= 4 is 40.2 Å². The van der Waals surface area contributed by atoms with Crippen molar-refractivity contribution in [3.05, 3.63) is 47.9 Å². The van der Waals surface area contributed by atoms with Gasteiger partial charge in [-0.1, -0.05) is 6.07 Å². The number of amides is 1. The van der Waals surface area contributed by atoms with Crippen LogP contribution in [0.5, 0.6) is 0 Å². The zero-order valence-electron chi connectivity index (χ0n) is 15.2. The van der Waals surface area contributed by atoms with Crippen LogP contribution in [0.4, 0.5) is 11.6 Å². The highest BCUT2D eigenvalue weighted by molar-refractivity contribution is 7.98. The SMILES string of the molecule is CSCC[C@@H](Nc1nc(C)cc(C)n1)C(=O)Nc1cccc2[nH]ccc12. The second-order valence-corrected chi connectivity index (χ2v) is 7.17. The van der Waals surface area contributed by atoms with E-state index < -0.39 is 6.04 Å². The molecule has 3 rings (SSSR count). The van der Waals surface area contributed by atoms with Crippen LogP contribution in [0.15, 0.2) is 36.5 Å². The predicted octanol–water partition coefficient (Wildman–Crippen LogP) is 3.75. The fourth-order valence-corrected chi connectivity index (χ4v) is 3.34. The molecule has 0 spiro atoms. The van der Waals surface area contributed by atoms with Gasteiger partial charge in [0.1, 0.15) is 6.04 Å². The maximum atomic E-state index is 12.9. The van der Waals surface area contributed by atoms with E-state index in [4.69, 9.17) is 0 Å². The van der Waals surface area contributed by atoms with E-state index in [9.17, 15) is 4.79 Å². The fourth-order valence-electron chi connectivity index (χ4n) is 2.87. The number of fused-ring (bicyclic) bond motifs is 1. The van der Waals surface area contributed by atoms with E-state index in [0.29, 0.717) is 12.4 Å². The van der Waals surface area contributed by atoms with Gasteiger partial charge in [0.25, 0.3) is 0 Å². The standard InChI is InChI=1S/C19H23N5OS/c1-12-11-13(2)22-19(21-12)24-17(8-10-26-3)18(25)23-16-6-4-5-15-14(16)7-9-20-15/h4-7,9,11,17,20H,8,10H2,1-3H3,(H,23,25)(H,21,22,24)/t17-/m1/s1. The molecule has 0 saturated heterocycles. The lowest BCUT2D eigenvalue weighted by Gasteiger charge is -2.19. The molecule has 0 aliphatic heterocycles. The number of nitrogens with zero attached hydrogens (tertiary/aromatic N) is 2. The molecular formula is C19H23N5OS. The molecule has 1 aromatic carbocycles. The van der Waals surface area contributed by atoms with Gasteiger partial charge in [0.2, 0.25) is 11.9 Å². The fraction of sp³-hybridized carbons (Fsp3) is 0.316. The molecule has 0 aliphatic rings. The molecular weight excluding hydrogens is 346 g/mol. The first-order valence-electron chi connectivity index (χ1n) is 8.51. The Balaban J connectivity index is 1.80. The molecule has 0 aliphatic carbocycles. The van der Waals surface area contributed by atoms with E-state index in [2.05, 4.69) is 25.6 Å².